The van der Waals surface area contributed by atoms with E-state index in [2.05, 4.69) is 24.3 Å². The highest BCUT2D eigenvalue weighted by Crippen LogP contribution is 2.45. The third kappa shape index (κ3) is 6.07. The summed E-state index contributed by atoms with van der Waals surface area (Å²) in [6.07, 6.45) is 3.20. The van der Waals surface area contributed by atoms with Crippen LogP contribution in [0.4, 0.5) is 9.59 Å². The second kappa shape index (κ2) is 11.7. The number of hydrogen-bond donors (Lipinski definition) is 1. The second-order valence-corrected chi connectivity index (χ2v) is 12.7. The number of likely N-dealkylation sites (tertiary alicyclic amines) is 1. The normalized spacial score (nSPS) is 22.9. The van der Waals surface area contributed by atoms with Crippen molar-refractivity contribution in [2.24, 2.45) is 5.92 Å². The molecule has 8 heteroatoms. The molecule has 220 valence electrons. The summed E-state index contributed by atoms with van der Waals surface area (Å²) in [6.45, 7) is 8.25. The topological polar surface area (TPSA) is 96.4 Å². The molecule has 1 saturated carbocycles. The molecule has 0 spiro atoms. The SMILES string of the molecule is CC([C@@H]1CCCCN1C(=O)OC(C)(C)C)N(C(=O)OCC1c2ccccc2-c2ccccc21)[C@@H]1CC[C@@H](C(=O)O)C1. The Morgan fingerprint density at radius 2 is 1.61 bits per heavy atom. The van der Waals surface area contributed by atoms with Gasteiger partial charge in [0.25, 0.3) is 0 Å². The Bertz CT molecular complexity index is 1240. The minimum atomic E-state index is -0.833. The molecule has 1 N–H and O–H groups in total. The van der Waals surface area contributed by atoms with E-state index in [1.807, 2.05) is 52.0 Å². The van der Waals surface area contributed by atoms with E-state index in [0.717, 1.165) is 41.5 Å². The molecule has 1 aliphatic heterocycles. The molecule has 2 aromatic carbocycles. The van der Waals surface area contributed by atoms with Crippen LogP contribution in [-0.2, 0) is 14.3 Å². The van der Waals surface area contributed by atoms with E-state index in [9.17, 15) is 19.5 Å². The van der Waals surface area contributed by atoms with Crippen molar-refractivity contribution in [3.05, 3.63) is 59.7 Å². The molecule has 2 aromatic rings. The quantitative estimate of drug-likeness (QED) is 0.423. The molecule has 2 aliphatic carbocycles. The molecule has 4 atom stereocenters. The average Bonchev–Trinajstić information content (AvgIpc) is 3.55. The highest BCUT2D eigenvalue weighted by Gasteiger charge is 2.44. The van der Waals surface area contributed by atoms with Gasteiger partial charge in [-0.2, -0.15) is 0 Å². The second-order valence-electron chi connectivity index (χ2n) is 12.7. The van der Waals surface area contributed by atoms with E-state index in [4.69, 9.17) is 9.47 Å². The van der Waals surface area contributed by atoms with Gasteiger partial charge >= 0.3 is 18.2 Å². The molecule has 41 heavy (non-hydrogen) atoms. The van der Waals surface area contributed by atoms with E-state index in [1.165, 1.54) is 0 Å². The first-order valence-electron chi connectivity index (χ1n) is 14.9. The number of nitrogens with zero attached hydrogens (tertiary/aromatic N) is 2. The molecule has 5 rings (SSSR count). The van der Waals surface area contributed by atoms with Gasteiger partial charge in [0.05, 0.1) is 18.0 Å². The first-order chi connectivity index (χ1) is 19.5. The molecule has 1 heterocycles. The third-order valence-corrected chi connectivity index (χ3v) is 8.87. The predicted molar refractivity (Wildman–Crippen MR) is 156 cm³/mol. The summed E-state index contributed by atoms with van der Waals surface area (Å²) in [5, 5.41) is 9.69. The Kier molecular flexibility index (Phi) is 8.30. The summed E-state index contributed by atoms with van der Waals surface area (Å²) in [4.78, 5) is 42.5. The first kappa shape index (κ1) is 29.0. The number of hydrogen-bond acceptors (Lipinski definition) is 5. The number of amides is 2. The molecule has 3 aliphatic rings. The van der Waals surface area contributed by atoms with Gasteiger partial charge in [0.1, 0.15) is 12.2 Å². The zero-order chi connectivity index (χ0) is 29.3. The van der Waals surface area contributed by atoms with E-state index < -0.39 is 23.6 Å². The smallest absolute Gasteiger partial charge is 0.410 e. The molecular weight excluding hydrogens is 520 g/mol. The van der Waals surface area contributed by atoms with Crippen LogP contribution in [0.15, 0.2) is 48.5 Å². The standard InChI is InChI=1S/C33H42N2O6/c1-21(29-15-9-10-18-34(29)31(38)41-33(2,3)4)35(23-17-16-22(19-23)30(36)37)32(39)40-20-28-26-13-7-5-11-24(26)25-12-6-8-14-27(25)28/h5-8,11-14,21-23,28-29H,9-10,15-20H2,1-4H3,(H,36,37)/t21?,22-,23-,29+/m1/s1. The van der Waals surface area contributed by atoms with Gasteiger partial charge in [-0.1, -0.05) is 48.5 Å². The largest absolute Gasteiger partial charge is 0.481 e. The number of carbonyl (C=O) groups excluding carboxylic acids is 2. The molecule has 1 unspecified atom stereocenters. The van der Waals surface area contributed by atoms with Crippen LogP contribution in [0, 0.1) is 5.92 Å². The van der Waals surface area contributed by atoms with Crippen molar-refractivity contribution in [3.63, 3.8) is 0 Å². The summed E-state index contributed by atoms with van der Waals surface area (Å²) in [6, 6.07) is 15.5. The van der Waals surface area contributed by atoms with Crippen LogP contribution >= 0.6 is 0 Å². The van der Waals surface area contributed by atoms with Crippen LogP contribution in [0.25, 0.3) is 11.1 Å². The Balaban J connectivity index is 1.39. The Labute approximate surface area is 242 Å². The number of piperidine rings is 1. The zero-order valence-electron chi connectivity index (χ0n) is 24.5. The summed E-state index contributed by atoms with van der Waals surface area (Å²) in [5.74, 6) is -1.41. The Morgan fingerprint density at radius 3 is 2.20 bits per heavy atom. The molecule has 1 saturated heterocycles. The predicted octanol–water partition coefficient (Wildman–Crippen LogP) is 6.67. The number of benzene rings is 2. The van der Waals surface area contributed by atoms with E-state index in [0.29, 0.717) is 25.8 Å². The van der Waals surface area contributed by atoms with E-state index in [1.54, 1.807) is 9.80 Å². The fourth-order valence-electron chi connectivity index (χ4n) is 6.94. The Morgan fingerprint density at radius 1 is 0.976 bits per heavy atom. The maximum absolute atomic E-state index is 14.0. The maximum Gasteiger partial charge on any atom is 0.410 e. The minimum absolute atomic E-state index is 0.0770. The van der Waals surface area contributed by atoms with Gasteiger partial charge in [0, 0.05) is 18.5 Å². The summed E-state index contributed by atoms with van der Waals surface area (Å²) in [5.41, 5.74) is 3.96. The minimum Gasteiger partial charge on any atom is -0.481 e. The fraction of sp³-hybridized carbons (Fsp3) is 0.545. The fourth-order valence-corrected chi connectivity index (χ4v) is 6.94. The van der Waals surface area contributed by atoms with Gasteiger partial charge < -0.3 is 24.4 Å². The molecule has 0 aromatic heterocycles. The first-order valence-corrected chi connectivity index (χ1v) is 14.9. The number of carboxylic acids is 1. The van der Waals surface area contributed by atoms with Crippen molar-refractivity contribution in [2.45, 2.75) is 95.9 Å². The lowest BCUT2D eigenvalue weighted by molar-refractivity contribution is -0.141. The van der Waals surface area contributed by atoms with Crippen molar-refractivity contribution in [1.82, 2.24) is 9.80 Å². The lowest BCUT2D eigenvalue weighted by atomic mass is 9.94. The zero-order valence-corrected chi connectivity index (χ0v) is 24.5. The molecular formula is C33H42N2O6. The van der Waals surface area contributed by atoms with Crippen LogP contribution in [0.1, 0.15) is 83.3 Å². The number of fused-ring (bicyclic) bond motifs is 3. The van der Waals surface area contributed by atoms with Gasteiger partial charge in [0.15, 0.2) is 0 Å². The van der Waals surface area contributed by atoms with Crippen LogP contribution in [0.5, 0.6) is 0 Å². The summed E-state index contributed by atoms with van der Waals surface area (Å²) < 4.78 is 11.8. The number of carboxylic acid groups (broad SMARTS) is 1. The van der Waals surface area contributed by atoms with E-state index in [-0.39, 0.29) is 36.7 Å². The summed E-state index contributed by atoms with van der Waals surface area (Å²) in [7, 11) is 0. The van der Waals surface area contributed by atoms with Gasteiger partial charge in [-0.05, 0) is 88.5 Å². The van der Waals surface area contributed by atoms with Crippen molar-refractivity contribution in [1.29, 1.82) is 0 Å². The lowest BCUT2D eigenvalue weighted by Gasteiger charge is -2.45. The van der Waals surface area contributed by atoms with Gasteiger partial charge in [-0.15, -0.1) is 0 Å². The highest BCUT2D eigenvalue weighted by molar-refractivity contribution is 5.79. The lowest BCUT2D eigenvalue weighted by Crippen LogP contribution is -2.58. The van der Waals surface area contributed by atoms with Crippen molar-refractivity contribution in [2.75, 3.05) is 13.2 Å². The Hall–Kier alpha value is -3.55. The number of rotatable bonds is 6. The molecule has 2 amide bonds. The number of carbonyl (C=O) groups is 3. The van der Waals surface area contributed by atoms with Crippen LogP contribution < -0.4 is 0 Å². The molecule has 8 nitrogen and oxygen atoms in total. The molecule has 0 bridgehead atoms. The van der Waals surface area contributed by atoms with Gasteiger partial charge in [0.2, 0.25) is 0 Å². The monoisotopic (exact) mass is 562 g/mol. The van der Waals surface area contributed by atoms with E-state index >= 15 is 0 Å². The van der Waals surface area contributed by atoms with Gasteiger partial charge in [-0.25, -0.2) is 9.59 Å². The maximum atomic E-state index is 14.0. The highest BCUT2D eigenvalue weighted by atomic mass is 16.6. The number of ether oxygens (including phenoxy) is 2. The average molecular weight is 563 g/mol. The van der Waals surface area contributed by atoms with Crippen molar-refractivity contribution < 1.29 is 29.0 Å². The molecule has 0 radical (unpaired) electrons. The molecule has 2 fully saturated rings. The summed E-state index contributed by atoms with van der Waals surface area (Å²) >= 11 is 0. The van der Waals surface area contributed by atoms with Crippen molar-refractivity contribution >= 4 is 18.2 Å². The van der Waals surface area contributed by atoms with Gasteiger partial charge in [-0.3, -0.25) is 4.79 Å². The third-order valence-electron chi connectivity index (χ3n) is 8.87. The van der Waals surface area contributed by atoms with Crippen LogP contribution in [-0.4, -0.2) is 69.9 Å². The van der Waals surface area contributed by atoms with Crippen molar-refractivity contribution in [3.8, 4) is 11.1 Å². The number of aliphatic carboxylic acids is 1. The van der Waals surface area contributed by atoms with Crippen LogP contribution in [0.3, 0.4) is 0 Å². The van der Waals surface area contributed by atoms with Crippen LogP contribution in [0.2, 0.25) is 0 Å².